The minimum atomic E-state index is -3.76. The molecule has 1 aliphatic heterocycles. The van der Waals surface area contributed by atoms with Gasteiger partial charge in [-0.15, -0.1) is 0 Å². The van der Waals surface area contributed by atoms with Gasteiger partial charge in [0.25, 0.3) is 0 Å². The number of sulfonamides is 1. The molecule has 0 radical (unpaired) electrons. The highest BCUT2D eigenvalue weighted by atomic mass is 35.5. The molecule has 0 aromatic heterocycles. The second-order valence-electron chi connectivity index (χ2n) is 3.66. The molecule has 1 fully saturated rings. The van der Waals surface area contributed by atoms with Crippen molar-refractivity contribution in [3.8, 4) is 0 Å². The first-order chi connectivity index (χ1) is 7.41. The molecule has 0 spiro atoms. The molecule has 1 saturated heterocycles. The Morgan fingerprint density at radius 3 is 2.56 bits per heavy atom. The van der Waals surface area contributed by atoms with Crippen LogP contribution in [0.3, 0.4) is 0 Å². The number of hydrogen-bond acceptors (Lipinski definition) is 3. The Kier molecular flexibility index (Phi) is 2.91. The SMILES string of the molecule is NC1CN(S(=O)(=O)c2ccc(Cl)cc2F)C1. The number of nitrogens with zero attached hydrogens (tertiary/aromatic N) is 1. The van der Waals surface area contributed by atoms with E-state index >= 15 is 0 Å². The van der Waals surface area contributed by atoms with E-state index in [-0.39, 0.29) is 29.0 Å². The zero-order valence-electron chi connectivity index (χ0n) is 8.23. The number of hydrogen-bond donors (Lipinski definition) is 1. The Balaban J connectivity index is 2.36. The predicted molar refractivity (Wildman–Crippen MR) is 58.1 cm³/mol. The van der Waals surface area contributed by atoms with Gasteiger partial charge in [-0.2, -0.15) is 4.31 Å². The monoisotopic (exact) mass is 264 g/mol. The summed E-state index contributed by atoms with van der Waals surface area (Å²) in [5, 5.41) is 0.164. The van der Waals surface area contributed by atoms with E-state index in [9.17, 15) is 12.8 Å². The summed E-state index contributed by atoms with van der Waals surface area (Å²) in [5.41, 5.74) is 5.48. The van der Waals surface area contributed by atoms with Crippen LogP contribution in [0, 0.1) is 5.82 Å². The molecule has 2 N–H and O–H groups in total. The minimum absolute atomic E-state index is 0.162. The smallest absolute Gasteiger partial charge is 0.246 e. The van der Waals surface area contributed by atoms with Crippen molar-refractivity contribution in [3.05, 3.63) is 29.0 Å². The molecule has 7 heteroatoms. The molecule has 1 aromatic rings. The van der Waals surface area contributed by atoms with Gasteiger partial charge in [0, 0.05) is 24.2 Å². The number of benzene rings is 1. The molecule has 0 amide bonds. The van der Waals surface area contributed by atoms with Crippen molar-refractivity contribution in [2.75, 3.05) is 13.1 Å². The summed E-state index contributed by atoms with van der Waals surface area (Å²) in [6.07, 6.45) is 0. The summed E-state index contributed by atoms with van der Waals surface area (Å²) in [4.78, 5) is -0.358. The molecule has 4 nitrogen and oxygen atoms in total. The fourth-order valence-electron chi connectivity index (χ4n) is 1.49. The predicted octanol–water partition coefficient (Wildman–Crippen LogP) is 0.811. The van der Waals surface area contributed by atoms with E-state index in [4.69, 9.17) is 17.3 Å². The lowest BCUT2D eigenvalue weighted by Gasteiger charge is -2.35. The van der Waals surface area contributed by atoms with Gasteiger partial charge < -0.3 is 5.73 Å². The Bertz CT molecular complexity index is 514. The maximum absolute atomic E-state index is 13.4. The third-order valence-corrected chi connectivity index (χ3v) is 4.49. The molecule has 1 aliphatic rings. The number of rotatable bonds is 2. The average Bonchev–Trinajstić information content (AvgIpc) is 2.12. The highest BCUT2D eigenvalue weighted by Gasteiger charge is 2.36. The third-order valence-electron chi connectivity index (χ3n) is 2.39. The Hall–Kier alpha value is -0.690. The molecule has 16 heavy (non-hydrogen) atoms. The lowest BCUT2D eigenvalue weighted by atomic mass is 10.2. The Morgan fingerprint density at radius 2 is 2.06 bits per heavy atom. The van der Waals surface area contributed by atoms with Crippen LogP contribution in [0.25, 0.3) is 0 Å². The van der Waals surface area contributed by atoms with Gasteiger partial charge in [0.05, 0.1) is 0 Å². The van der Waals surface area contributed by atoms with Gasteiger partial charge in [-0.1, -0.05) is 11.6 Å². The van der Waals surface area contributed by atoms with Gasteiger partial charge in [-0.25, -0.2) is 12.8 Å². The van der Waals surface area contributed by atoms with Crippen molar-refractivity contribution in [2.24, 2.45) is 5.73 Å². The second-order valence-corrected chi connectivity index (χ2v) is 6.00. The van der Waals surface area contributed by atoms with Crippen molar-refractivity contribution in [2.45, 2.75) is 10.9 Å². The van der Waals surface area contributed by atoms with Crippen LogP contribution < -0.4 is 5.73 Å². The third kappa shape index (κ3) is 1.93. The summed E-state index contributed by atoms with van der Waals surface area (Å²) in [6, 6.07) is 3.33. The van der Waals surface area contributed by atoms with E-state index in [1.54, 1.807) is 0 Å². The van der Waals surface area contributed by atoms with Gasteiger partial charge in [0.2, 0.25) is 10.0 Å². The minimum Gasteiger partial charge on any atom is -0.325 e. The van der Waals surface area contributed by atoms with Gasteiger partial charge in [0.1, 0.15) is 10.7 Å². The van der Waals surface area contributed by atoms with Crippen LogP contribution in [0.15, 0.2) is 23.1 Å². The summed E-state index contributed by atoms with van der Waals surface area (Å²) in [6.45, 7) is 0.453. The molecule has 0 unspecified atom stereocenters. The van der Waals surface area contributed by atoms with E-state index in [0.29, 0.717) is 0 Å². The van der Waals surface area contributed by atoms with E-state index in [2.05, 4.69) is 0 Å². The van der Waals surface area contributed by atoms with Crippen molar-refractivity contribution in [1.29, 1.82) is 0 Å². The van der Waals surface area contributed by atoms with Crippen LogP contribution in [0.5, 0.6) is 0 Å². The lowest BCUT2D eigenvalue weighted by molar-refractivity contribution is 0.264. The number of halogens is 2. The van der Waals surface area contributed by atoms with E-state index in [0.717, 1.165) is 16.4 Å². The normalized spacial score (nSPS) is 18.4. The molecule has 0 aliphatic carbocycles. The zero-order valence-corrected chi connectivity index (χ0v) is 9.80. The first-order valence-electron chi connectivity index (χ1n) is 4.62. The Labute approximate surface area is 97.8 Å². The van der Waals surface area contributed by atoms with Crippen molar-refractivity contribution in [3.63, 3.8) is 0 Å². The first-order valence-corrected chi connectivity index (χ1v) is 6.44. The van der Waals surface area contributed by atoms with Gasteiger partial charge in [-0.05, 0) is 18.2 Å². The van der Waals surface area contributed by atoms with E-state index in [1.807, 2.05) is 0 Å². The van der Waals surface area contributed by atoms with E-state index in [1.165, 1.54) is 6.07 Å². The van der Waals surface area contributed by atoms with Crippen LogP contribution in [0.2, 0.25) is 5.02 Å². The van der Waals surface area contributed by atoms with Gasteiger partial charge in [0.15, 0.2) is 0 Å². The summed E-state index contributed by atoms with van der Waals surface area (Å²) >= 11 is 5.55. The molecular weight excluding hydrogens is 255 g/mol. The van der Waals surface area contributed by atoms with Crippen molar-refractivity contribution >= 4 is 21.6 Å². The topological polar surface area (TPSA) is 63.4 Å². The average molecular weight is 265 g/mol. The highest BCUT2D eigenvalue weighted by Crippen LogP contribution is 2.25. The van der Waals surface area contributed by atoms with Crippen LogP contribution in [-0.4, -0.2) is 31.9 Å². The van der Waals surface area contributed by atoms with Crippen LogP contribution in [0.4, 0.5) is 4.39 Å². The second kappa shape index (κ2) is 3.96. The molecule has 1 aromatic carbocycles. The maximum atomic E-state index is 13.4. The molecular formula is C9H10ClFN2O2S. The fourth-order valence-corrected chi connectivity index (χ4v) is 3.25. The molecule has 88 valence electrons. The van der Waals surface area contributed by atoms with E-state index < -0.39 is 15.8 Å². The van der Waals surface area contributed by atoms with Crippen molar-refractivity contribution < 1.29 is 12.8 Å². The quantitative estimate of drug-likeness (QED) is 0.860. The molecule has 2 rings (SSSR count). The van der Waals surface area contributed by atoms with Crippen LogP contribution >= 0.6 is 11.6 Å². The van der Waals surface area contributed by atoms with Crippen LogP contribution in [-0.2, 0) is 10.0 Å². The Morgan fingerprint density at radius 1 is 1.44 bits per heavy atom. The zero-order chi connectivity index (χ0) is 11.9. The fraction of sp³-hybridized carbons (Fsp3) is 0.333. The highest BCUT2D eigenvalue weighted by molar-refractivity contribution is 7.89. The van der Waals surface area contributed by atoms with Gasteiger partial charge >= 0.3 is 0 Å². The van der Waals surface area contributed by atoms with Gasteiger partial charge in [-0.3, -0.25) is 0 Å². The molecule has 0 atom stereocenters. The summed E-state index contributed by atoms with van der Waals surface area (Å²) in [5.74, 6) is -0.840. The standard InChI is InChI=1S/C9H10ClFN2O2S/c10-6-1-2-9(8(11)3-6)16(14,15)13-4-7(12)5-13/h1-3,7H,4-5,12H2. The maximum Gasteiger partial charge on any atom is 0.246 e. The first kappa shape index (κ1) is 11.8. The molecule has 0 saturated carbocycles. The lowest BCUT2D eigenvalue weighted by Crippen LogP contribution is -2.57. The summed E-state index contributed by atoms with van der Waals surface area (Å²) < 4.78 is 38.3. The van der Waals surface area contributed by atoms with Crippen LogP contribution in [0.1, 0.15) is 0 Å². The summed E-state index contributed by atoms with van der Waals surface area (Å²) in [7, 11) is -3.76. The van der Waals surface area contributed by atoms with Crippen molar-refractivity contribution in [1.82, 2.24) is 4.31 Å². The number of nitrogens with two attached hydrogens (primary N) is 1. The molecule has 0 bridgehead atoms. The molecule has 1 heterocycles. The largest absolute Gasteiger partial charge is 0.325 e.